The highest BCUT2D eigenvalue weighted by atomic mass is 16.3. The predicted molar refractivity (Wildman–Crippen MR) is 64.3 cm³/mol. The van der Waals surface area contributed by atoms with Crippen LogP contribution in [-0.2, 0) is 0 Å². The summed E-state index contributed by atoms with van der Waals surface area (Å²) in [6.45, 7) is 3.52. The number of aliphatic hydroxyl groups excluding tert-OH is 1. The van der Waals surface area contributed by atoms with E-state index in [-0.39, 0.29) is 0 Å². The minimum atomic E-state index is -0.416. The number of hydrogen-bond acceptors (Lipinski definition) is 3. The highest BCUT2D eigenvalue weighted by Gasteiger charge is 2.06. The Balaban J connectivity index is 2.62. The molecular formula is C12H20N2O. The molecule has 1 aromatic rings. The van der Waals surface area contributed by atoms with E-state index in [1.54, 1.807) is 0 Å². The van der Waals surface area contributed by atoms with Gasteiger partial charge in [-0.2, -0.15) is 0 Å². The van der Waals surface area contributed by atoms with Crippen molar-refractivity contribution in [2.75, 3.05) is 32.1 Å². The van der Waals surface area contributed by atoms with Crippen LogP contribution in [-0.4, -0.2) is 32.3 Å². The van der Waals surface area contributed by atoms with Crippen LogP contribution in [0, 0.1) is 0 Å². The second-order valence-electron chi connectivity index (χ2n) is 3.81. The maximum atomic E-state index is 9.81. The van der Waals surface area contributed by atoms with Gasteiger partial charge >= 0.3 is 0 Å². The third kappa shape index (κ3) is 3.53. The van der Waals surface area contributed by atoms with E-state index in [0.717, 1.165) is 17.8 Å². The van der Waals surface area contributed by atoms with Gasteiger partial charge in [0.05, 0.1) is 6.10 Å². The highest BCUT2D eigenvalue weighted by molar-refractivity contribution is 5.46. The van der Waals surface area contributed by atoms with Crippen molar-refractivity contribution in [2.45, 2.75) is 13.0 Å². The van der Waals surface area contributed by atoms with E-state index in [4.69, 9.17) is 0 Å². The summed E-state index contributed by atoms with van der Waals surface area (Å²) in [7, 11) is 4.01. The smallest absolute Gasteiger partial charge is 0.0914 e. The number of benzene rings is 1. The molecule has 3 heteroatoms. The SMILES string of the molecule is CCNCC(O)c1ccc(N(C)C)cc1. The molecule has 3 nitrogen and oxygen atoms in total. The summed E-state index contributed by atoms with van der Waals surface area (Å²) in [5, 5.41) is 12.9. The van der Waals surface area contributed by atoms with E-state index in [0.29, 0.717) is 6.54 Å². The Morgan fingerprint density at radius 1 is 1.27 bits per heavy atom. The standard InChI is InChI=1S/C12H20N2O/c1-4-13-9-12(15)10-5-7-11(8-6-10)14(2)3/h5-8,12-13,15H,4,9H2,1-3H3. The van der Waals surface area contributed by atoms with Gasteiger partial charge in [0.2, 0.25) is 0 Å². The van der Waals surface area contributed by atoms with Gasteiger partial charge in [0.15, 0.2) is 0 Å². The molecule has 1 rings (SSSR count). The maximum Gasteiger partial charge on any atom is 0.0914 e. The first-order chi connectivity index (χ1) is 7.15. The first kappa shape index (κ1) is 12.0. The van der Waals surface area contributed by atoms with E-state index >= 15 is 0 Å². The fourth-order valence-electron chi connectivity index (χ4n) is 1.39. The van der Waals surface area contributed by atoms with E-state index < -0.39 is 6.10 Å². The number of nitrogens with one attached hydrogen (secondary N) is 1. The molecule has 1 atom stereocenters. The molecule has 0 amide bonds. The molecule has 0 fully saturated rings. The van der Waals surface area contributed by atoms with Gasteiger partial charge in [-0.3, -0.25) is 0 Å². The second kappa shape index (κ2) is 5.73. The van der Waals surface area contributed by atoms with Gasteiger partial charge in [0.1, 0.15) is 0 Å². The Hall–Kier alpha value is -1.06. The van der Waals surface area contributed by atoms with Crippen LogP contribution in [0.15, 0.2) is 24.3 Å². The number of likely N-dealkylation sites (N-methyl/N-ethyl adjacent to an activating group) is 1. The number of hydrogen-bond donors (Lipinski definition) is 2. The molecule has 0 bridgehead atoms. The summed E-state index contributed by atoms with van der Waals surface area (Å²) in [4.78, 5) is 2.04. The lowest BCUT2D eigenvalue weighted by atomic mass is 10.1. The molecule has 84 valence electrons. The highest BCUT2D eigenvalue weighted by Crippen LogP contribution is 2.17. The molecule has 1 unspecified atom stereocenters. The first-order valence-electron chi connectivity index (χ1n) is 5.31. The van der Waals surface area contributed by atoms with Gasteiger partial charge in [0.25, 0.3) is 0 Å². The molecule has 0 aliphatic heterocycles. The van der Waals surface area contributed by atoms with Gasteiger partial charge in [-0.25, -0.2) is 0 Å². The molecule has 0 radical (unpaired) electrons. The van der Waals surface area contributed by atoms with Crippen LogP contribution in [0.3, 0.4) is 0 Å². The van der Waals surface area contributed by atoms with E-state index in [1.165, 1.54) is 0 Å². The van der Waals surface area contributed by atoms with Crippen LogP contribution in [0.1, 0.15) is 18.6 Å². The molecule has 0 aliphatic carbocycles. The molecule has 0 saturated heterocycles. The van der Waals surface area contributed by atoms with E-state index in [1.807, 2.05) is 50.2 Å². The third-order valence-corrected chi connectivity index (χ3v) is 2.38. The Bertz CT molecular complexity index is 282. The van der Waals surface area contributed by atoms with Crippen molar-refractivity contribution >= 4 is 5.69 Å². The average molecular weight is 208 g/mol. The first-order valence-corrected chi connectivity index (χ1v) is 5.31. The van der Waals surface area contributed by atoms with Crippen LogP contribution in [0.25, 0.3) is 0 Å². The van der Waals surface area contributed by atoms with Gasteiger partial charge in [-0.15, -0.1) is 0 Å². The van der Waals surface area contributed by atoms with E-state index in [2.05, 4.69) is 5.32 Å². The van der Waals surface area contributed by atoms with Crippen LogP contribution < -0.4 is 10.2 Å². The molecule has 0 heterocycles. The summed E-state index contributed by atoms with van der Waals surface area (Å²) < 4.78 is 0. The predicted octanol–water partition coefficient (Wildman–Crippen LogP) is 1.40. The lowest BCUT2D eigenvalue weighted by molar-refractivity contribution is 0.175. The zero-order valence-electron chi connectivity index (χ0n) is 9.70. The Labute approximate surface area is 91.7 Å². The normalized spacial score (nSPS) is 12.5. The topological polar surface area (TPSA) is 35.5 Å². The number of anilines is 1. The molecule has 1 aromatic carbocycles. The summed E-state index contributed by atoms with van der Waals surface area (Å²) in [5.74, 6) is 0. The largest absolute Gasteiger partial charge is 0.387 e. The number of aliphatic hydroxyl groups is 1. The molecule has 0 spiro atoms. The van der Waals surface area contributed by atoms with Crippen molar-refractivity contribution in [2.24, 2.45) is 0 Å². The third-order valence-electron chi connectivity index (χ3n) is 2.38. The van der Waals surface area contributed by atoms with Crippen LogP contribution in [0.5, 0.6) is 0 Å². The second-order valence-corrected chi connectivity index (χ2v) is 3.81. The summed E-state index contributed by atoms with van der Waals surface area (Å²) in [5.41, 5.74) is 2.11. The van der Waals surface area contributed by atoms with Crippen LogP contribution in [0.4, 0.5) is 5.69 Å². The monoisotopic (exact) mass is 208 g/mol. The van der Waals surface area contributed by atoms with Gasteiger partial charge in [-0.1, -0.05) is 19.1 Å². The summed E-state index contributed by atoms with van der Waals surface area (Å²) in [6.07, 6.45) is -0.416. The van der Waals surface area contributed by atoms with Crippen molar-refractivity contribution in [1.82, 2.24) is 5.32 Å². The van der Waals surface area contributed by atoms with Gasteiger partial charge < -0.3 is 15.3 Å². The maximum absolute atomic E-state index is 9.81. The minimum Gasteiger partial charge on any atom is -0.387 e. The molecule has 2 N–H and O–H groups in total. The van der Waals surface area contributed by atoms with Crippen molar-refractivity contribution in [3.8, 4) is 0 Å². The molecule has 15 heavy (non-hydrogen) atoms. The lowest BCUT2D eigenvalue weighted by Crippen LogP contribution is -2.20. The molecule has 0 aromatic heterocycles. The summed E-state index contributed by atoms with van der Waals surface area (Å²) in [6, 6.07) is 7.98. The average Bonchev–Trinajstić information content (AvgIpc) is 2.26. The van der Waals surface area contributed by atoms with Crippen LogP contribution in [0.2, 0.25) is 0 Å². The van der Waals surface area contributed by atoms with Crippen LogP contribution >= 0.6 is 0 Å². The number of nitrogens with zero attached hydrogens (tertiary/aromatic N) is 1. The zero-order chi connectivity index (χ0) is 11.3. The Kier molecular flexibility index (Phi) is 4.59. The summed E-state index contributed by atoms with van der Waals surface area (Å²) >= 11 is 0. The zero-order valence-corrected chi connectivity index (χ0v) is 9.70. The van der Waals surface area contributed by atoms with Gasteiger partial charge in [0, 0.05) is 26.3 Å². The van der Waals surface area contributed by atoms with E-state index in [9.17, 15) is 5.11 Å². The van der Waals surface area contributed by atoms with Crippen molar-refractivity contribution in [1.29, 1.82) is 0 Å². The van der Waals surface area contributed by atoms with Crippen molar-refractivity contribution < 1.29 is 5.11 Å². The Morgan fingerprint density at radius 3 is 2.33 bits per heavy atom. The van der Waals surface area contributed by atoms with Crippen molar-refractivity contribution in [3.63, 3.8) is 0 Å². The minimum absolute atomic E-state index is 0.416. The molecule has 0 aliphatic rings. The van der Waals surface area contributed by atoms with Gasteiger partial charge in [-0.05, 0) is 24.2 Å². The fourth-order valence-corrected chi connectivity index (χ4v) is 1.39. The molecule has 0 saturated carbocycles. The lowest BCUT2D eigenvalue weighted by Gasteiger charge is -2.15. The van der Waals surface area contributed by atoms with Crippen molar-refractivity contribution in [3.05, 3.63) is 29.8 Å². The quantitative estimate of drug-likeness (QED) is 0.767. The number of rotatable bonds is 5. The Morgan fingerprint density at radius 2 is 1.87 bits per heavy atom. The molecular weight excluding hydrogens is 188 g/mol. The fraction of sp³-hybridized carbons (Fsp3) is 0.500.